The fraction of sp³-hybridized carbons (Fsp3) is 0.208. The number of hydrogen-bond donors (Lipinski definition) is 1. The van der Waals surface area contributed by atoms with Gasteiger partial charge in [-0.15, -0.1) is 0 Å². The first-order valence-corrected chi connectivity index (χ1v) is 10.5. The van der Waals surface area contributed by atoms with Gasteiger partial charge in [0.15, 0.2) is 17.2 Å². The van der Waals surface area contributed by atoms with E-state index in [1.54, 1.807) is 41.1 Å². The summed E-state index contributed by atoms with van der Waals surface area (Å²) in [6.45, 7) is 1.94. The van der Waals surface area contributed by atoms with E-state index in [1.807, 2.05) is 13.0 Å². The maximum atomic E-state index is 13.2. The molecule has 10 heteroatoms. The van der Waals surface area contributed by atoms with Gasteiger partial charge < -0.3 is 10.1 Å². The number of fused-ring (bicyclic) bond motifs is 1. The number of Topliss-reactive ketones (excluding diaryl/α,β-unsaturated/α-hetero) is 1. The number of nitrogens with zero attached hydrogens (tertiary/aromatic N) is 3. The van der Waals surface area contributed by atoms with Gasteiger partial charge in [0.05, 0.1) is 11.9 Å². The molecule has 0 aliphatic heterocycles. The quantitative estimate of drug-likeness (QED) is 0.227. The van der Waals surface area contributed by atoms with Gasteiger partial charge in [-0.1, -0.05) is 31.2 Å². The number of aromatic nitrogens is 3. The Morgan fingerprint density at radius 3 is 2.71 bits per heavy atom. The van der Waals surface area contributed by atoms with Crippen LogP contribution < -0.4 is 10.1 Å². The monoisotopic (exact) mass is 472 g/mol. The van der Waals surface area contributed by atoms with E-state index in [0.717, 1.165) is 29.8 Å². The van der Waals surface area contributed by atoms with E-state index in [2.05, 4.69) is 20.0 Å². The number of alkyl halides is 4. The molecule has 34 heavy (non-hydrogen) atoms. The Balaban J connectivity index is 1.63. The smallest absolute Gasteiger partial charge is 0.428 e. The summed E-state index contributed by atoms with van der Waals surface area (Å²) in [5, 5.41) is 2.95. The molecule has 4 aromatic rings. The molecule has 1 N–H and O–H groups in total. The number of benzene rings is 2. The highest BCUT2D eigenvalue weighted by Crippen LogP contribution is 2.31. The maximum absolute atomic E-state index is 13.2. The zero-order valence-electron chi connectivity index (χ0n) is 18.0. The Labute approximate surface area is 192 Å². The van der Waals surface area contributed by atoms with E-state index in [0.29, 0.717) is 29.1 Å². The van der Waals surface area contributed by atoms with Crippen LogP contribution in [0.2, 0.25) is 0 Å². The van der Waals surface area contributed by atoms with E-state index in [4.69, 9.17) is 0 Å². The summed E-state index contributed by atoms with van der Waals surface area (Å²) in [6, 6.07) is 12.5. The molecule has 0 aliphatic carbocycles. The summed E-state index contributed by atoms with van der Waals surface area (Å²) in [6.07, 6.45) is -2.50. The molecule has 0 saturated heterocycles. The molecule has 0 fully saturated rings. The van der Waals surface area contributed by atoms with Crippen molar-refractivity contribution in [1.82, 2.24) is 14.4 Å². The molecule has 2 aromatic carbocycles. The summed E-state index contributed by atoms with van der Waals surface area (Å²) in [5.41, 5.74) is 2.85. The number of anilines is 2. The third kappa shape index (κ3) is 4.85. The summed E-state index contributed by atoms with van der Waals surface area (Å²) < 4.78 is 57.3. The highest BCUT2D eigenvalue weighted by atomic mass is 19.3. The lowest BCUT2D eigenvalue weighted by Gasteiger charge is -2.17. The minimum atomic E-state index is -4.61. The van der Waals surface area contributed by atoms with Crippen molar-refractivity contribution >= 4 is 22.9 Å². The van der Waals surface area contributed by atoms with Crippen LogP contribution in [0.5, 0.6) is 5.75 Å². The van der Waals surface area contributed by atoms with E-state index in [-0.39, 0.29) is 5.78 Å². The summed E-state index contributed by atoms with van der Waals surface area (Å²) in [4.78, 5) is 21.0. The van der Waals surface area contributed by atoms with Crippen LogP contribution in [0, 0.1) is 0 Å². The lowest BCUT2D eigenvalue weighted by Crippen LogP contribution is -2.33. The van der Waals surface area contributed by atoms with Crippen LogP contribution in [0.15, 0.2) is 67.1 Å². The molecule has 0 aliphatic rings. The van der Waals surface area contributed by atoms with Crippen molar-refractivity contribution in [3.63, 3.8) is 0 Å². The van der Waals surface area contributed by atoms with Crippen molar-refractivity contribution in [1.29, 1.82) is 0 Å². The molecule has 0 saturated carbocycles. The highest BCUT2D eigenvalue weighted by Gasteiger charge is 2.44. The minimum Gasteiger partial charge on any atom is -0.428 e. The Kier molecular flexibility index (Phi) is 6.49. The average molecular weight is 472 g/mol. The first-order chi connectivity index (χ1) is 16.3. The molecule has 176 valence electrons. The number of ketones is 1. The maximum Gasteiger partial charge on any atom is 0.461 e. The van der Waals surface area contributed by atoms with Gasteiger partial charge in [-0.3, -0.25) is 9.20 Å². The Bertz CT molecular complexity index is 1320. The number of imidazole rings is 1. The Hall–Kier alpha value is -3.95. The number of ether oxygens (including phenoxy) is 1. The number of rotatable bonds is 9. The van der Waals surface area contributed by atoms with Gasteiger partial charge in [-0.25, -0.2) is 9.97 Å². The number of halogens is 4. The second-order valence-corrected chi connectivity index (χ2v) is 7.48. The van der Waals surface area contributed by atoms with E-state index >= 15 is 0 Å². The topological polar surface area (TPSA) is 68.5 Å². The molecule has 0 unspecified atom stereocenters. The summed E-state index contributed by atoms with van der Waals surface area (Å²) in [7, 11) is 0. The third-order valence-electron chi connectivity index (χ3n) is 4.99. The van der Waals surface area contributed by atoms with Crippen LogP contribution in [0.25, 0.3) is 16.9 Å². The number of hydrogen-bond acceptors (Lipinski definition) is 5. The van der Waals surface area contributed by atoms with Crippen molar-refractivity contribution in [3.8, 4) is 17.0 Å². The predicted octanol–water partition coefficient (Wildman–Crippen LogP) is 6.36. The second-order valence-electron chi connectivity index (χ2n) is 7.48. The van der Waals surface area contributed by atoms with E-state index in [1.165, 1.54) is 12.3 Å². The van der Waals surface area contributed by atoms with Crippen LogP contribution >= 0.6 is 0 Å². The average Bonchev–Trinajstić information content (AvgIpc) is 3.24. The van der Waals surface area contributed by atoms with Gasteiger partial charge in [-0.05, 0) is 24.6 Å². The van der Waals surface area contributed by atoms with Crippen LogP contribution in [0.1, 0.15) is 30.1 Å². The first kappa shape index (κ1) is 23.2. The molecule has 0 spiro atoms. The van der Waals surface area contributed by atoms with Crippen LogP contribution in [0.3, 0.4) is 0 Å². The lowest BCUT2D eigenvalue weighted by atomic mass is 10.0. The van der Waals surface area contributed by atoms with Crippen LogP contribution in [-0.4, -0.2) is 32.7 Å². The standard InChI is InChI=1S/C24H20F4N4O2/c1-2-5-20(33)16-7-3-6-15(12-16)19-14-30-22-21(29-10-11-32(19)22)31-17-8-4-9-18(13-17)34-24(27,28)23(25)26/h3-4,6-14,23H,2,5H2,1H3,(H,29,31). The van der Waals surface area contributed by atoms with Gasteiger partial charge >= 0.3 is 12.5 Å². The normalized spacial score (nSPS) is 11.7. The molecular formula is C24H20F4N4O2. The molecule has 6 nitrogen and oxygen atoms in total. The van der Waals surface area contributed by atoms with Gasteiger partial charge in [-0.2, -0.15) is 17.6 Å². The predicted molar refractivity (Wildman–Crippen MR) is 119 cm³/mol. The molecule has 0 bridgehead atoms. The largest absolute Gasteiger partial charge is 0.461 e. The molecular weight excluding hydrogens is 452 g/mol. The van der Waals surface area contributed by atoms with E-state index in [9.17, 15) is 22.4 Å². The molecule has 2 heterocycles. The van der Waals surface area contributed by atoms with Crippen molar-refractivity contribution in [2.45, 2.75) is 32.3 Å². The van der Waals surface area contributed by atoms with Crippen LogP contribution in [-0.2, 0) is 0 Å². The van der Waals surface area contributed by atoms with Crippen LogP contribution in [0.4, 0.5) is 29.1 Å². The van der Waals surface area contributed by atoms with Gasteiger partial charge in [0.25, 0.3) is 0 Å². The molecule has 0 amide bonds. The lowest BCUT2D eigenvalue weighted by molar-refractivity contribution is -0.253. The van der Waals surface area contributed by atoms with E-state index < -0.39 is 18.3 Å². The number of carbonyl (C=O) groups excluding carboxylic acids is 1. The fourth-order valence-corrected chi connectivity index (χ4v) is 3.42. The number of nitrogens with one attached hydrogen (secondary N) is 1. The molecule has 0 atom stereocenters. The van der Waals surface area contributed by atoms with Gasteiger partial charge in [0.2, 0.25) is 0 Å². The first-order valence-electron chi connectivity index (χ1n) is 10.5. The minimum absolute atomic E-state index is 0.0571. The SMILES string of the molecule is CCCC(=O)c1cccc(-c2cnc3c(Nc4cccc(OC(F)(F)C(F)F)c4)nccn23)c1. The van der Waals surface area contributed by atoms with Gasteiger partial charge in [0.1, 0.15) is 5.75 Å². The molecule has 2 aromatic heterocycles. The zero-order chi connectivity index (χ0) is 24.3. The Morgan fingerprint density at radius 2 is 1.94 bits per heavy atom. The van der Waals surface area contributed by atoms with Crippen molar-refractivity contribution < 1.29 is 27.1 Å². The molecule has 0 radical (unpaired) electrons. The van der Waals surface area contributed by atoms with Gasteiger partial charge in [0, 0.05) is 41.7 Å². The summed E-state index contributed by atoms with van der Waals surface area (Å²) in [5.74, 6) is -0.0636. The molecule has 4 rings (SSSR count). The third-order valence-corrected chi connectivity index (χ3v) is 4.99. The Morgan fingerprint density at radius 1 is 1.15 bits per heavy atom. The van der Waals surface area contributed by atoms with Crippen molar-refractivity contribution in [2.24, 2.45) is 0 Å². The summed E-state index contributed by atoms with van der Waals surface area (Å²) >= 11 is 0. The zero-order valence-corrected chi connectivity index (χ0v) is 18.0. The fourth-order valence-electron chi connectivity index (χ4n) is 3.42. The highest BCUT2D eigenvalue weighted by molar-refractivity contribution is 5.97. The number of carbonyl (C=O) groups is 1. The van der Waals surface area contributed by atoms with Crippen molar-refractivity contribution in [3.05, 3.63) is 72.7 Å². The van der Waals surface area contributed by atoms with Crippen molar-refractivity contribution in [2.75, 3.05) is 5.32 Å². The second kappa shape index (κ2) is 9.50.